The number of amides is 1. The number of hydrogen-bond donors (Lipinski definition) is 1. The number of carbonyl (C=O) groups is 1. The molecule has 0 aliphatic heterocycles. The third-order valence-electron chi connectivity index (χ3n) is 6.08. The molecule has 1 aliphatic carbocycles. The van der Waals surface area contributed by atoms with Crippen molar-refractivity contribution < 1.29 is 31.1 Å². The van der Waals surface area contributed by atoms with Crippen molar-refractivity contribution in [2.75, 3.05) is 5.32 Å². The van der Waals surface area contributed by atoms with Crippen LogP contribution in [0.5, 0.6) is 0 Å². The first-order chi connectivity index (χ1) is 18.2. The van der Waals surface area contributed by atoms with E-state index in [0.717, 1.165) is 11.1 Å². The van der Waals surface area contributed by atoms with E-state index in [2.05, 4.69) is 15.3 Å². The van der Waals surface area contributed by atoms with Gasteiger partial charge in [0.15, 0.2) is 29.1 Å². The first kappa shape index (κ1) is 25.2. The van der Waals surface area contributed by atoms with Gasteiger partial charge < -0.3 is 5.32 Å². The molecule has 1 heterocycles. The van der Waals surface area contributed by atoms with Gasteiger partial charge in [0.25, 0.3) is 0 Å². The number of halogens is 6. The number of aromatic nitrogens is 2. The van der Waals surface area contributed by atoms with Gasteiger partial charge in [-0.2, -0.15) is 0 Å². The van der Waals surface area contributed by atoms with Crippen LogP contribution in [0.3, 0.4) is 0 Å². The van der Waals surface area contributed by atoms with Gasteiger partial charge in [0.1, 0.15) is 11.5 Å². The van der Waals surface area contributed by atoms with Crippen molar-refractivity contribution >= 4 is 23.9 Å². The second-order valence-corrected chi connectivity index (χ2v) is 8.57. The number of nitrogens with zero attached hydrogens (tertiary/aromatic N) is 2. The molecule has 192 valence electrons. The maximum atomic E-state index is 14.1. The molecule has 38 heavy (non-hydrogen) atoms. The second kappa shape index (κ2) is 10.1. The number of carbonyl (C=O) groups excluding carboxylic acids is 1. The predicted molar refractivity (Wildman–Crippen MR) is 129 cm³/mol. The Labute approximate surface area is 212 Å². The van der Waals surface area contributed by atoms with Gasteiger partial charge in [0.2, 0.25) is 11.7 Å². The highest BCUT2D eigenvalue weighted by molar-refractivity contribution is 5.94. The SMILES string of the molecule is O=C(Cc1c(F)c(F)c(F)c(F)c1F)Nc1nc2c(nc1C=Cc1ccccc1)-c1ccc(F)cc1CC2. The van der Waals surface area contributed by atoms with E-state index in [4.69, 9.17) is 0 Å². The minimum Gasteiger partial charge on any atom is -0.309 e. The zero-order valence-electron chi connectivity index (χ0n) is 19.5. The van der Waals surface area contributed by atoms with E-state index in [1.54, 1.807) is 18.2 Å². The third kappa shape index (κ3) is 4.77. The van der Waals surface area contributed by atoms with E-state index in [-0.39, 0.29) is 17.3 Å². The average Bonchev–Trinajstić information content (AvgIpc) is 2.92. The van der Waals surface area contributed by atoms with Gasteiger partial charge in [-0.1, -0.05) is 36.4 Å². The summed E-state index contributed by atoms with van der Waals surface area (Å²) in [5.41, 5.74) is 2.11. The first-order valence-corrected chi connectivity index (χ1v) is 11.5. The van der Waals surface area contributed by atoms with Crippen molar-refractivity contribution in [3.63, 3.8) is 0 Å². The maximum absolute atomic E-state index is 14.1. The molecule has 4 aromatic rings. The van der Waals surface area contributed by atoms with Crippen molar-refractivity contribution in [2.45, 2.75) is 19.3 Å². The Hall–Kier alpha value is -4.47. The van der Waals surface area contributed by atoms with Crippen molar-refractivity contribution in [1.82, 2.24) is 9.97 Å². The summed E-state index contributed by atoms with van der Waals surface area (Å²) in [5, 5.41) is 2.39. The molecule has 1 amide bonds. The molecule has 1 aromatic heterocycles. The van der Waals surface area contributed by atoms with Crippen LogP contribution >= 0.6 is 0 Å². The third-order valence-corrected chi connectivity index (χ3v) is 6.08. The molecule has 10 heteroatoms. The van der Waals surface area contributed by atoms with E-state index in [1.807, 2.05) is 30.3 Å². The standard InChI is InChI=1S/C28H17F6N3O/c29-16-8-9-17-15(12-16)7-11-19-27(17)35-20(10-6-14-4-2-1-3-5-14)28(36-19)37-21(38)13-18-22(30)24(32)26(34)25(33)23(18)31/h1-6,8-10,12H,7,11,13H2,(H,36,37,38). The van der Waals surface area contributed by atoms with Crippen LogP contribution in [0.25, 0.3) is 23.4 Å². The lowest BCUT2D eigenvalue weighted by atomic mass is 9.91. The number of benzene rings is 3. The lowest BCUT2D eigenvalue weighted by Gasteiger charge is -2.20. The molecule has 4 nitrogen and oxygen atoms in total. The highest BCUT2D eigenvalue weighted by atomic mass is 19.2. The van der Waals surface area contributed by atoms with Gasteiger partial charge >= 0.3 is 0 Å². The van der Waals surface area contributed by atoms with Crippen LogP contribution in [-0.2, 0) is 24.1 Å². The molecule has 0 fully saturated rings. The fourth-order valence-corrected chi connectivity index (χ4v) is 4.22. The van der Waals surface area contributed by atoms with Crippen molar-refractivity contribution in [1.29, 1.82) is 0 Å². The van der Waals surface area contributed by atoms with Gasteiger partial charge in [0.05, 0.1) is 17.8 Å². The molecular weight excluding hydrogens is 508 g/mol. The normalized spacial score (nSPS) is 12.4. The van der Waals surface area contributed by atoms with Crippen LogP contribution < -0.4 is 5.32 Å². The van der Waals surface area contributed by atoms with Crippen LogP contribution in [-0.4, -0.2) is 15.9 Å². The van der Waals surface area contributed by atoms with Crippen molar-refractivity contribution in [3.8, 4) is 11.3 Å². The molecule has 1 N–H and O–H groups in total. The van der Waals surface area contributed by atoms with E-state index in [1.165, 1.54) is 12.1 Å². The zero-order chi connectivity index (χ0) is 27.0. The molecule has 0 spiro atoms. The van der Waals surface area contributed by atoms with E-state index < -0.39 is 47.0 Å². The summed E-state index contributed by atoms with van der Waals surface area (Å²) >= 11 is 0. The zero-order valence-corrected chi connectivity index (χ0v) is 19.5. The monoisotopic (exact) mass is 525 g/mol. The highest BCUT2D eigenvalue weighted by Crippen LogP contribution is 2.34. The topological polar surface area (TPSA) is 54.9 Å². The van der Waals surface area contributed by atoms with Crippen LogP contribution in [0.2, 0.25) is 0 Å². The number of nitrogens with one attached hydrogen (secondary N) is 1. The Bertz CT molecular complexity index is 1580. The Morgan fingerprint density at radius 2 is 1.50 bits per heavy atom. The molecule has 0 unspecified atom stereocenters. The number of rotatable bonds is 5. The smallest absolute Gasteiger partial charge is 0.230 e. The number of aryl methyl sites for hydroxylation is 2. The maximum Gasteiger partial charge on any atom is 0.230 e. The van der Waals surface area contributed by atoms with Crippen LogP contribution in [0.1, 0.15) is 28.1 Å². The molecule has 0 saturated heterocycles. The molecule has 0 radical (unpaired) electrons. The lowest BCUT2D eigenvalue weighted by molar-refractivity contribution is -0.115. The minimum absolute atomic E-state index is 0.0598. The quantitative estimate of drug-likeness (QED) is 0.186. The Kier molecular flexibility index (Phi) is 6.71. The second-order valence-electron chi connectivity index (χ2n) is 8.57. The summed E-state index contributed by atoms with van der Waals surface area (Å²) in [6.45, 7) is 0. The molecular formula is C28H17F6N3O. The highest BCUT2D eigenvalue weighted by Gasteiger charge is 2.28. The fourth-order valence-electron chi connectivity index (χ4n) is 4.22. The van der Waals surface area contributed by atoms with Gasteiger partial charge in [-0.05, 0) is 48.2 Å². The average molecular weight is 525 g/mol. The molecule has 3 aromatic carbocycles. The molecule has 5 rings (SSSR count). The van der Waals surface area contributed by atoms with Crippen LogP contribution in [0.4, 0.5) is 32.2 Å². The molecule has 0 bridgehead atoms. The summed E-state index contributed by atoms with van der Waals surface area (Å²) in [7, 11) is 0. The Morgan fingerprint density at radius 3 is 2.21 bits per heavy atom. The summed E-state index contributed by atoms with van der Waals surface area (Å²) < 4.78 is 82.5. The minimum atomic E-state index is -2.31. The van der Waals surface area contributed by atoms with Crippen molar-refractivity contribution in [2.24, 2.45) is 0 Å². The van der Waals surface area contributed by atoms with Crippen molar-refractivity contribution in [3.05, 3.63) is 112 Å². The van der Waals surface area contributed by atoms with Crippen LogP contribution in [0.15, 0.2) is 48.5 Å². The number of hydrogen-bond acceptors (Lipinski definition) is 3. The van der Waals surface area contributed by atoms with Gasteiger partial charge in [0, 0.05) is 11.1 Å². The summed E-state index contributed by atoms with van der Waals surface area (Å²) in [5.74, 6) is -12.3. The van der Waals surface area contributed by atoms with Gasteiger partial charge in [-0.15, -0.1) is 0 Å². The number of fused-ring (bicyclic) bond motifs is 3. The Balaban J connectivity index is 1.53. The fraction of sp³-hybridized carbons (Fsp3) is 0.107. The Morgan fingerprint density at radius 1 is 0.816 bits per heavy atom. The molecule has 1 aliphatic rings. The van der Waals surface area contributed by atoms with E-state index in [0.29, 0.717) is 29.8 Å². The van der Waals surface area contributed by atoms with Gasteiger partial charge in [-0.25, -0.2) is 36.3 Å². The molecule has 0 saturated carbocycles. The van der Waals surface area contributed by atoms with Gasteiger partial charge in [-0.3, -0.25) is 4.79 Å². The predicted octanol–water partition coefficient (Wildman–Crippen LogP) is 6.43. The van der Waals surface area contributed by atoms with E-state index in [9.17, 15) is 31.1 Å². The van der Waals surface area contributed by atoms with Crippen LogP contribution in [0, 0.1) is 34.9 Å². The summed E-state index contributed by atoms with van der Waals surface area (Å²) in [6.07, 6.45) is 2.97. The summed E-state index contributed by atoms with van der Waals surface area (Å²) in [6, 6.07) is 13.4. The van der Waals surface area contributed by atoms with E-state index >= 15 is 0 Å². The largest absolute Gasteiger partial charge is 0.309 e. The molecule has 0 atom stereocenters. The lowest BCUT2D eigenvalue weighted by Crippen LogP contribution is -2.21. The summed E-state index contributed by atoms with van der Waals surface area (Å²) in [4.78, 5) is 21.8. The number of anilines is 1. The first-order valence-electron chi connectivity index (χ1n) is 11.5.